The molecule has 1 rings (SSSR count). The molecule has 0 heterocycles. The maximum absolute atomic E-state index is 11.0. The second-order valence-corrected chi connectivity index (χ2v) is 8.35. The van der Waals surface area contributed by atoms with Crippen LogP contribution >= 0.6 is 31.9 Å². The van der Waals surface area contributed by atoms with E-state index >= 15 is 0 Å². The molecule has 0 bridgehead atoms. The largest absolute Gasteiger partial charge is 0.310 e. The lowest BCUT2D eigenvalue weighted by atomic mass is 10.1. The van der Waals surface area contributed by atoms with Crippen molar-refractivity contribution < 1.29 is 8.42 Å². The minimum atomic E-state index is -2.86. The minimum absolute atomic E-state index is 0.187. The van der Waals surface area contributed by atoms with Gasteiger partial charge in [-0.2, -0.15) is 0 Å². The van der Waals surface area contributed by atoms with Crippen molar-refractivity contribution in [2.24, 2.45) is 0 Å². The summed E-state index contributed by atoms with van der Waals surface area (Å²) in [5.74, 6) is 0.230. The van der Waals surface area contributed by atoms with Crippen molar-refractivity contribution in [1.29, 1.82) is 0 Å². The Morgan fingerprint density at radius 2 is 2.00 bits per heavy atom. The quantitative estimate of drug-likeness (QED) is 0.747. The molecule has 1 unspecified atom stereocenters. The second kappa shape index (κ2) is 7.03. The molecule has 0 aliphatic rings. The summed E-state index contributed by atoms with van der Waals surface area (Å²) in [6.07, 6.45) is 1.90. The van der Waals surface area contributed by atoms with E-state index in [9.17, 15) is 8.42 Å². The molecule has 1 aromatic rings. The second-order valence-electron chi connectivity index (χ2n) is 4.33. The highest BCUT2D eigenvalue weighted by atomic mass is 79.9. The zero-order valence-electron chi connectivity index (χ0n) is 10.4. The number of hydrogen-bond donors (Lipinski definition) is 1. The first-order valence-electron chi connectivity index (χ1n) is 5.65. The van der Waals surface area contributed by atoms with Gasteiger partial charge in [0.15, 0.2) is 0 Å². The molecule has 18 heavy (non-hydrogen) atoms. The van der Waals surface area contributed by atoms with Crippen LogP contribution in [0, 0.1) is 0 Å². The van der Waals surface area contributed by atoms with Gasteiger partial charge in [-0.05, 0) is 37.6 Å². The number of rotatable bonds is 6. The van der Waals surface area contributed by atoms with Gasteiger partial charge < -0.3 is 5.32 Å². The van der Waals surface area contributed by atoms with Gasteiger partial charge in [-0.25, -0.2) is 8.42 Å². The van der Waals surface area contributed by atoms with Gasteiger partial charge in [-0.1, -0.05) is 37.9 Å². The maximum Gasteiger partial charge on any atom is 0.147 e. The van der Waals surface area contributed by atoms with E-state index in [1.807, 2.05) is 18.2 Å². The molecular formula is C12H17Br2NO2S. The lowest BCUT2D eigenvalue weighted by molar-refractivity contribution is 0.560. The zero-order chi connectivity index (χ0) is 13.8. The van der Waals surface area contributed by atoms with E-state index < -0.39 is 9.84 Å². The van der Waals surface area contributed by atoms with Crippen molar-refractivity contribution in [3.63, 3.8) is 0 Å². The fourth-order valence-corrected chi connectivity index (χ4v) is 3.67. The first kappa shape index (κ1) is 16.1. The molecule has 0 aromatic heterocycles. The van der Waals surface area contributed by atoms with Gasteiger partial charge in [0.05, 0.1) is 5.75 Å². The van der Waals surface area contributed by atoms with E-state index in [0.717, 1.165) is 14.5 Å². The lowest BCUT2D eigenvalue weighted by Gasteiger charge is -2.16. The summed E-state index contributed by atoms with van der Waals surface area (Å²) in [5.41, 5.74) is 1.16. The predicted molar refractivity (Wildman–Crippen MR) is 82.6 cm³/mol. The molecule has 0 aliphatic carbocycles. The van der Waals surface area contributed by atoms with Crippen molar-refractivity contribution in [3.8, 4) is 0 Å². The molecule has 0 saturated carbocycles. The molecule has 0 aliphatic heterocycles. The number of hydrogen-bond acceptors (Lipinski definition) is 3. The average Bonchev–Trinajstić information content (AvgIpc) is 2.22. The van der Waals surface area contributed by atoms with Crippen LogP contribution in [0.2, 0.25) is 0 Å². The van der Waals surface area contributed by atoms with Crippen molar-refractivity contribution in [1.82, 2.24) is 5.32 Å². The summed E-state index contributed by atoms with van der Waals surface area (Å²) in [4.78, 5) is 0. The molecular weight excluding hydrogens is 382 g/mol. The van der Waals surface area contributed by atoms with Crippen LogP contribution in [-0.2, 0) is 9.84 Å². The monoisotopic (exact) mass is 397 g/mol. The van der Waals surface area contributed by atoms with E-state index in [2.05, 4.69) is 44.1 Å². The summed E-state index contributed by atoms with van der Waals surface area (Å²) in [5, 5.41) is 3.32. The predicted octanol–water partition coefficient (Wildman–Crippen LogP) is 3.30. The summed E-state index contributed by atoms with van der Waals surface area (Å²) < 4.78 is 24.1. The van der Waals surface area contributed by atoms with Crippen LogP contribution in [0.25, 0.3) is 0 Å². The van der Waals surface area contributed by atoms with Crippen LogP contribution in [0.15, 0.2) is 27.1 Å². The normalized spacial score (nSPS) is 13.6. The van der Waals surface area contributed by atoms with E-state index in [1.165, 1.54) is 6.26 Å². The van der Waals surface area contributed by atoms with Crippen LogP contribution in [0.5, 0.6) is 0 Å². The van der Waals surface area contributed by atoms with Gasteiger partial charge in [0.25, 0.3) is 0 Å². The van der Waals surface area contributed by atoms with E-state index in [0.29, 0.717) is 13.0 Å². The fourth-order valence-electron chi connectivity index (χ4n) is 1.62. The Morgan fingerprint density at radius 1 is 1.33 bits per heavy atom. The van der Waals surface area contributed by atoms with Crippen LogP contribution in [0.4, 0.5) is 0 Å². The van der Waals surface area contributed by atoms with E-state index in [4.69, 9.17) is 0 Å². The van der Waals surface area contributed by atoms with Crippen molar-refractivity contribution >= 4 is 41.7 Å². The van der Waals surface area contributed by atoms with Crippen molar-refractivity contribution in [3.05, 3.63) is 32.7 Å². The van der Waals surface area contributed by atoms with Crippen LogP contribution in [-0.4, -0.2) is 27.0 Å². The third-order valence-corrected chi connectivity index (χ3v) is 4.78. The molecule has 1 aromatic carbocycles. The SMILES string of the molecule is CC(NCCCS(C)(=O)=O)c1ccc(Br)cc1Br. The first-order chi connectivity index (χ1) is 8.29. The van der Waals surface area contributed by atoms with E-state index in [1.54, 1.807) is 0 Å². The zero-order valence-corrected chi connectivity index (χ0v) is 14.4. The maximum atomic E-state index is 11.0. The third-order valence-electron chi connectivity index (χ3n) is 2.57. The molecule has 0 radical (unpaired) electrons. The molecule has 0 fully saturated rings. The molecule has 6 heteroatoms. The average molecular weight is 399 g/mol. The topological polar surface area (TPSA) is 46.2 Å². The highest BCUT2D eigenvalue weighted by molar-refractivity contribution is 9.11. The lowest BCUT2D eigenvalue weighted by Crippen LogP contribution is -2.22. The molecule has 0 spiro atoms. The van der Waals surface area contributed by atoms with Crippen LogP contribution in [0.1, 0.15) is 24.9 Å². The summed E-state index contributed by atoms with van der Waals surface area (Å²) in [6, 6.07) is 6.23. The van der Waals surface area contributed by atoms with Gasteiger partial charge in [-0.15, -0.1) is 0 Å². The number of benzene rings is 1. The Balaban J connectivity index is 2.48. The van der Waals surface area contributed by atoms with E-state index in [-0.39, 0.29) is 11.8 Å². The highest BCUT2D eigenvalue weighted by Crippen LogP contribution is 2.26. The smallest absolute Gasteiger partial charge is 0.147 e. The molecule has 1 N–H and O–H groups in total. The van der Waals surface area contributed by atoms with Crippen LogP contribution in [0.3, 0.4) is 0 Å². The standard InChI is InChI=1S/C12H17Br2NO2S/c1-9(15-6-3-7-18(2,16)17)11-5-4-10(13)8-12(11)14/h4-5,8-9,15H,3,6-7H2,1-2H3. The Morgan fingerprint density at radius 3 is 2.56 bits per heavy atom. The van der Waals surface area contributed by atoms with Gasteiger partial charge in [0.2, 0.25) is 0 Å². The minimum Gasteiger partial charge on any atom is -0.310 e. The molecule has 102 valence electrons. The Bertz CT molecular complexity index is 503. The first-order valence-corrected chi connectivity index (χ1v) is 9.30. The number of nitrogens with one attached hydrogen (secondary N) is 1. The molecule has 0 amide bonds. The Hall–Kier alpha value is 0.0900. The Labute approximate surface area is 126 Å². The fraction of sp³-hybridized carbons (Fsp3) is 0.500. The van der Waals surface area contributed by atoms with Gasteiger partial charge >= 0.3 is 0 Å². The highest BCUT2D eigenvalue weighted by Gasteiger charge is 2.09. The number of sulfone groups is 1. The Kier molecular flexibility index (Phi) is 6.30. The summed E-state index contributed by atoms with van der Waals surface area (Å²) in [7, 11) is -2.86. The summed E-state index contributed by atoms with van der Waals surface area (Å²) in [6.45, 7) is 2.76. The summed E-state index contributed by atoms with van der Waals surface area (Å²) >= 11 is 6.94. The third kappa shape index (κ3) is 5.82. The molecule has 1 atom stereocenters. The van der Waals surface area contributed by atoms with Crippen LogP contribution < -0.4 is 5.32 Å². The van der Waals surface area contributed by atoms with Gasteiger partial charge in [-0.3, -0.25) is 0 Å². The molecule has 0 saturated heterocycles. The van der Waals surface area contributed by atoms with Gasteiger partial charge in [0.1, 0.15) is 9.84 Å². The molecule has 3 nitrogen and oxygen atoms in total. The van der Waals surface area contributed by atoms with Crippen molar-refractivity contribution in [2.45, 2.75) is 19.4 Å². The number of halogens is 2. The van der Waals surface area contributed by atoms with Gasteiger partial charge in [0, 0.05) is 21.2 Å². The van der Waals surface area contributed by atoms with Crippen molar-refractivity contribution in [2.75, 3.05) is 18.6 Å².